The Labute approximate surface area is 124 Å². The molecular formula is C18H30N2. The highest BCUT2D eigenvalue weighted by Crippen LogP contribution is 2.17. The highest BCUT2D eigenvalue weighted by Gasteiger charge is 2.09. The third kappa shape index (κ3) is 6.25. The van der Waals surface area contributed by atoms with Gasteiger partial charge in [-0.3, -0.25) is 0 Å². The van der Waals surface area contributed by atoms with Crippen molar-refractivity contribution < 1.29 is 0 Å². The summed E-state index contributed by atoms with van der Waals surface area (Å²) in [5.41, 5.74) is 2.86. The van der Waals surface area contributed by atoms with Gasteiger partial charge in [-0.05, 0) is 37.5 Å². The molecule has 1 aromatic rings. The van der Waals surface area contributed by atoms with E-state index in [4.69, 9.17) is 0 Å². The lowest BCUT2D eigenvalue weighted by Crippen LogP contribution is -2.43. The van der Waals surface area contributed by atoms with Gasteiger partial charge in [0.2, 0.25) is 0 Å². The summed E-state index contributed by atoms with van der Waals surface area (Å²) in [6.07, 6.45) is 6.96. The fourth-order valence-electron chi connectivity index (χ4n) is 2.38. The second kappa shape index (κ2) is 10.5. The van der Waals surface area contributed by atoms with Gasteiger partial charge in [-0.1, -0.05) is 38.0 Å². The van der Waals surface area contributed by atoms with Crippen LogP contribution in [0.5, 0.6) is 0 Å². The van der Waals surface area contributed by atoms with Crippen LogP contribution in [0.15, 0.2) is 36.9 Å². The van der Waals surface area contributed by atoms with Crippen LogP contribution in [-0.4, -0.2) is 26.2 Å². The molecule has 2 heteroatoms. The van der Waals surface area contributed by atoms with Crippen LogP contribution in [0.25, 0.3) is 0 Å². The quantitative estimate of drug-likeness (QED) is 0.644. The largest absolute Gasteiger partial charge is 0.369 e. The Morgan fingerprint density at radius 1 is 1.15 bits per heavy atom. The summed E-state index contributed by atoms with van der Waals surface area (Å²) in [6.45, 7) is 12.0. The molecular weight excluding hydrogens is 244 g/mol. The van der Waals surface area contributed by atoms with Crippen molar-refractivity contribution in [1.29, 1.82) is 0 Å². The minimum atomic E-state index is 1.11. The predicted molar refractivity (Wildman–Crippen MR) is 90.6 cm³/mol. The second-order valence-electron chi connectivity index (χ2n) is 5.27. The van der Waals surface area contributed by atoms with Crippen molar-refractivity contribution in [2.45, 2.75) is 39.5 Å². The average Bonchev–Trinajstić information content (AvgIpc) is 2.50. The SMILES string of the molecule is C=CC.CCCCCc1ccc(N2CCNCC2)cc1. The summed E-state index contributed by atoms with van der Waals surface area (Å²) in [5, 5.41) is 3.39. The third-order valence-corrected chi connectivity index (χ3v) is 3.49. The minimum Gasteiger partial charge on any atom is -0.369 e. The van der Waals surface area contributed by atoms with Crippen LogP contribution in [0.4, 0.5) is 5.69 Å². The van der Waals surface area contributed by atoms with E-state index in [1.165, 1.54) is 36.9 Å². The van der Waals surface area contributed by atoms with Crippen molar-refractivity contribution >= 4 is 5.69 Å². The molecule has 0 radical (unpaired) electrons. The normalized spacial score (nSPS) is 14.4. The Balaban J connectivity index is 0.000000612. The van der Waals surface area contributed by atoms with Crippen LogP contribution in [0.1, 0.15) is 38.7 Å². The number of nitrogens with zero attached hydrogens (tertiary/aromatic N) is 1. The maximum atomic E-state index is 3.39. The van der Waals surface area contributed by atoms with Gasteiger partial charge in [0.05, 0.1) is 0 Å². The zero-order valence-corrected chi connectivity index (χ0v) is 13.2. The molecule has 1 fully saturated rings. The zero-order chi connectivity index (χ0) is 14.6. The number of nitrogens with one attached hydrogen (secondary N) is 1. The number of anilines is 1. The van der Waals surface area contributed by atoms with Gasteiger partial charge in [-0.2, -0.15) is 0 Å². The summed E-state index contributed by atoms with van der Waals surface area (Å²) in [6, 6.07) is 9.17. The number of benzene rings is 1. The Morgan fingerprint density at radius 2 is 1.75 bits per heavy atom. The molecule has 1 saturated heterocycles. The lowest BCUT2D eigenvalue weighted by molar-refractivity contribution is 0.589. The maximum Gasteiger partial charge on any atom is 0.0367 e. The van der Waals surface area contributed by atoms with E-state index in [2.05, 4.69) is 48.0 Å². The molecule has 0 atom stereocenters. The predicted octanol–water partition coefficient (Wildman–Crippen LogP) is 4.02. The lowest BCUT2D eigenvalue weighted by atomic mass is 10.1. The summed E-state index contributed by atoms with van der Waals surface area (Å²) in [4.78, 5) is 2.46. The molecule has 1 aromatic carbocycles. The van der Waals surface area contributed by atoms with Crippen LogP contribution in [0, 0.1) is 0 Å². The third-order valence-electron chi connectivity index (χ3n) is 3.49. The van der Waals surface area contributed by atoms with Crippen LogP contribution >= 0.6 is 0 Å². The van der Waals surface area contributed by atoms with Gasteiger partial charge >= 0.3 is 0 Å². The molecule has 0 aliphatic carbocycles. The van der Waals surface area contributed by atoms with Crippen molar-refractivity contribution in [1.82, 2.24) is 5.32 Å². The lowest BCUT2D eigenvalue weighted by Gasteiger charge is -2.29. The van der Waals surface area contributed by atoms with Gasteiger partial charge in [0.15, 0.2) is 0 Å². The van der Waals surface area contributed by atoms with Crippen molar-refractivity contribution in [2.24, 2.45) is 0 Å². The maximum absolute atomic E-state index is 3.39. The van der Waals surface area contributed by atoms with Crippen LogP contribution in [0.2, 0.25) is 0 Å². The molecule has 1 aliphatic heterocycles. The fraction of sp³-hybridized carbons (Fsp3) is 0.556. The summed E-state index contributed by atoms with van der Waals surface area (Å²) >= 11 is 0. The highest BCUT2D eigenvalue weighted by atomic mass is 15.2. The van der Waals surface area contributed by atoms with E-state index in [0.29, 0.717) is 0 Å². The zero-order valence-electron chi connectivity index (χ0n) is 13.2. The van der Waals surface area contributed by atoms with Gasteiger partial charge in [-0.15, -0.1) is 6.58 Å². The molecule has 1 N–H and O–H groups in total. The standard InChI is InChI=1S/C15H24N2.C3H6/c1-2-3-4-5-14-6-8-15(9-7-14)17-12-10-16-11-13-17;1-3-2/h6-9,16H,2-5,10-13H2,1H3;3H,1H2,2H3. The number of aryl methyl sites for hydroxylation is 1. The first-order chi connectivity index (χ1) is 9.81. The smallest absolute Gasteiger partial charge is 0.0367 e. The van der Waals surface area contributed by atoms with Gasteiger partial charge < -0.3 is 10.2 Å². The molecule has 0 saturated carbocycles. The Morgan fingerprint density at radius 3 is 2.30 bits per heavy atom. The Hall–Kier alpha value is -1.28. The van der Waals surface area contributed by atoms with E-state index in [9.17, 15) is 0 Å². The number of hydrogen-bond acceptors (Lipinski definition) is 2. The molecule has 0 spiro atoms. The molecule has 0 amide bonds. The summed E-state index contributed by atoms with van der Waals surface area (Å²) in [5.74, 6) is 0. The molecule has 0 bridgehead atoms. The highest BCUT2D eigenvalue weighted by molar-refractivity contribution is 5.48. The van der Waals surface area contributed by atoms with Crippen LogP contribution < -0.4 is 10.2 Å². The number of allylic oxidation sites excluding steroid dienone is 1. The monoisotopic (exact) mass is 274 g/mol. The van der Waals surface area contributed by atoms with Crippen molar-refractivity contribution in [3.8, 4) is 0 Å². The first-order valence-electron chi connectivity index (χ1n) is 7.93. The summed E-state index contributed by atoms with van der Waals surface area (Å²) < 4.78 is 0. The van der Waals surface area contributed by atoms with Crippen LogP contribution in [-0.2, 0) is 6.42 Å². The van der Waals surface area contributed by atoms with Gasteiger partial charge in [0.1, 0.15) is 0 Å². The van der Waals surface area contributed by atoms with Crippen molar-refractivity contribution in [3.63, 3.8) is 0 Å². The fourth-order valence-corrected chi connectivity index (χ4v) is 2.38. The molecule has 0 aromatic heterocycles. The molecule has 0 unspecified atom stereocenters. The van der Waals surface area contributed by atoms with E-state index in [-0.39, 0.29) is 0 Å². The average molecular weight is 274 g/mol. The number of piperazine rings is 1. The van der Waals surface area contributed by atoms with Gasteiger partial charge in [-0.25, -0.2) is 0 Å². The van der Waals surface area contributed by atoms with Crippen molar-refractivity contribution in [3.05, 3.63) is 42.5 Å². The van der Waals surface area contributed by atoms with Gasteiger partial charge in [0.25, 0.3) is 0 Å². The first-order valence-corrected chi connectivity index (χ1v) is 7.93. The van der Waals surface area contributed by atoms with Gasteiger partial charge in [0, 0.05) is 31.9 Å². The second-order valence-corrected chi connectivity index (χ2v) is 5.27. The van der Waals surface area contributed by atoms with E-state index in [1.807, 2.05) is 6.92 Å². The van der Waals surface area contributed by atoms with Crippen LogP contribution in [0.3, 0.4) is 0 Å². The molecule has 1 aliphatic rings. The van der Waals surface area contributed by atoms with E-state index in [0.717, 1.165) is 26.2 Å². The van der Waals surface area contributed by atoms with E-state index in [1.54, 1.807) is 6.08 Å². The van der Waals surface area contributed by atoms with E-state index >= 15 is 0 Å². The first kappa shape index (κ1) is 16.8. The number of rotatable bonds is 5. The minimum absolute atomic E-state index is 1.11. The number of unbranched alkanes of at least 4 members (excludes halogenated alkanes) is 2. The van der Waals surface area contributed by atoms with E-state index < -0.39 is 0 Å². The Kier molecular flexibility index (Phi) is 8.81. The molecule has 2 nitrogen and oxygen atoms in total. The molecule has 1 heterocycles. The Bertz CT molecular complexity index is 350. The molecule has 20 heavy (non-hydrogen) atoms. The summed E-state index contributed by atoms with van der Waals surface area (Å²) in [7, 11) is 0. The topological polar surface area (TPSA) is 15.3 Å². The van der Waals surface area contributed by atoms with Crippen molar-refractivity contribution in [2.75, 3.05) is 31.1 Å². The number of hydrogen-bond donors (Lipinski definition) is 1. The molecule has 2 rings (SSSR count). The molecule has 112 valence electrons.